The van der Waals surface area contributed by atoms with Crippen molar-refractivity contribution in [2.45, 2.75) is 50.6 Å². The first-order valence-corrected chi connectivity index (χ1v) is 11.8. The fourth-order valence-corrected chi connectivity index (χ4v) is 5.75. The van der Waals surface area contributed by atoms with E-state index >= 15 is 0 Å². The number of thioether (sulfide) groups is 1. The molecular weight excluding hydrogens is 402 g/mol. The summed E-state index contributed by atoms with van der Waals surface area (Å²) >= 11 is 2.94. The second kappa shape index (κ2) is 8.32. The molecule has 0 aliphatic heterocycles. The zero-order valence-corrected chi connectivity index (χ0v) is 18.6. The third kappa shape index (κ3) is 4.12. The second-order valence-corrected chi connectivity index (χ2v) is 9.79. The van der Waals surface area contributed by atoms with E-state index in [1.54, 1.807) is 23.0 Å². The van der Waals surface area contributed by atoms with Crippen molar-refractivity contribution in [3.05, 3.63) is 50.6 Å². The highest BCUT2D eigenvalue weighted by Gasteiger charge is 2.21. The number of fused-ring (bicyclic) bond motifs is 3. The molecule has 0 spiro atoms. The summed E-state index contributed by atoms with van der Waals surface area (Å²) in [6.45, 7) is 4.28. The SMILES string of the molecule is CC(C)c1ccc(NC(=O)CSc2nc3sc4c(c3c(=O)n2C)CCCC4)cc1. The predicted octanol–water partition coefficient (Wildman–Crippen LogP) is 4.73. The largest absolute Gasteiger partial charge is 0.325 e. The van der Waals surface area contributed by atoms with Crippen LogP contribution >= 0.6 is 23.1 Å². The molecule has 0 radical (unpaired) electrons. The van der Waals surface area contributed by atoms with E-state index in [9.17, 15) is 9.59 Å². The Morgan fingerprint density at radius 3 is 2.69 bits per heavy atom. The number of aromatic nitrogens is 2. The van der Waals surface area contributed by atoms with Crippen molar-refractivity contribution in [3.63, 3.8) is 0 Å². The lowest BCUT2D eigenvalue weighted by atomic mass is 9.97. The maximum atomic E-state index is 12.9. The standard InChI is InChI=1S/C22H25N3O2S2/c1-13(2)14-8-10-15(11-9-14)23-18(26)12-28-22-24-20-19(21(27)25(22)3)16-6-4-5-7-17(16)29-20/h8-11,13H,4-7,12H2,1-3H3,(H,23,26). The monoisotopic (exact) mass is 427 g/mol. The van der Waals surface area contributed by atoms with Crippen LogP contribution in [0.5, 0.6) is 0 Å². The first-order chi connectivity index (χ1) is 13.9. The summed E-state index contributed by atoms with van der Waals surface area (Å²) in [5.41, 5.74) is 3.22. The quantitative estimate of drug-likeness (QED) is 0.472. The Hall–Kier alpha value is -2.12. The number of benzene rings is 1. The van der Waals surface area contributed by atoms with Gasteiger partial charge in [0.1, 0.15) is 4.83 Å². The highest BCUT2D eigenvalue weighted by molar-refractivity contribution is 7.99. The molecule has 2 aromatic heterocycles. The molecule has 2 heterocycles. The molecule has 4 rings (SSSR count). The van der Waals surface area contributed by atoms with Gasteiger partial charge in [0.2, 0.25) is 5.91 Å². The van der Waals surface area contributed by atoms with Gasteiger partial charge in [0.25, 0.3) is 5.56 Å². The second-order valence-electron chi connectivity index (χ2n) is 7.76. The minimum absolute atomic E-state index is 0.00147. The van der Waals surface area contributed by atoms with E-state index < -0.39 is 0 Å². The molecule has 1 aliphatic carbocycles. The average Bonchev–Trinajstić information content (AvgIpc) is 3.08. The van der Waals surface area contributed by atoms with Crippen LogP contribution in [0.4, 0.5) is 5.69 Å². The molecule has 7 heteroatoms. The maximum Gasteiger partial charge on any atom is 0.262 e. The molecule has 5 nitrogen and oxygen atoms in total. The van der Waals surface area contributed by atoms with Gasteiger partial charge in [0.15, 0.2) is 5.16 Å². The number of amides is 1. The molecule has 0 saturated heterocycles. The van der Waals surface area contributed by atoms with Crippen LogP contribution in [0.2, 0.25) is 0 Å². The van der Waals surface area contributed by atoms with Gasteiger partial charge in [0.05, 0.1) is 11.1 Å². The van der Waals surface area contributed by atoms with Crippen LogP contribution in [0.25, 0.3) is 10.2 Å². The molecule has 1 amide bonds. The van der Waals surface area contributed by atoms with E-state index in [4.69, 9.17) is 4.98 Å². The Bertz CT molecular complexity index is 1110. The first kappa shape index (κ1) is 20.2. The van der Waals surface area contributed by atoms with Crippen LogP contribution in [0, 0.1) is 0 Å². The fourth-order valence-electron chi connectivity index (χ4n) is 3.67. The van der Waals surface area contributed by atoms with Crippen LogP contribution in [0.15, 0.2) is 34.2 Å². The van der Waals surface area contributed by atoms with Gasteiger partial charge in [-0.2, -0.15) is 0 Å². The summed E-state index contributed by atoms with van der Waals surface area (Å²) in [4.78, 5) is 32.1. The molecule has 1 aromatic carbocycles. The Labute approximate surface area is 178 Å². The highest BCUT2D eigenvalue weighted by Crippen LogP contribution is 2.34. The van der Waals surface area contributed by atoms with E-state index in [2.05, 4.69) is 19.2 Å². The van der Waals surface area contributed by atoms with E-state index in [-0.39, 0.29) is 17.2 Å². The lowest BCUT2D eigenvalue weighted by molar-refractivity contribution is -0.113. The van der Waals surface area contributed by atoms with Crippen LogP contribution < -0.4 is 10.9 Å². The first-order valence-electron chi connectivity index (χ1n) is 9.98. The molecule has 29 heavy (non-hydrogen) atoms. The van der Waals surface area contributed by atoms with Gasteiger partial charge < -0.3 is 5.32 Å². The normalized spacial score (nSPS) is 13.7. The Morgan fingerprint density at radius 2 is 1.97 bits per heavy atom. The minimum Gasteiger partial charge on any atom is -0.325 e. The maximum absolute atomic E-state index is 12.9. The Kier molecular flexibility index (Phi) is 5.79. The number of aryl methyl sites for hydroxylation is 2. The Balaban J connectivity index is 1.48. The van der Waals surface area contributed by atoms with Crippen molar-refractivity contribution in [3.8, 4) is 0 Å². The number of carbonyl (C=O) groups is 1. The van der Waals surface area contributed by atoms with Gasteiger partial charge in [-0.25, -0.2) is 4.98 Å². The third-order valence-electron chi connectivity index (χ3n) is 5.35. The molecule has 0 bridgehead atoms. The number of rotatable bonds is 5. The summed E-state index contributed by atoms with van der Waals surface area (Å²) in [7, 11) is 1.74. The molecule has 0 saturated carbocycles. The molecular formula is C22H25N3O2S2. The van der Waals surface area contributed by atoms with E-state index in [0.29, 0.717) is 11.1 Å². The number of hydrogen-bond acceptors (Lipinski definition) is 5. The lowest BCUT2D eigenvalue weighted by Crippen LogP contribution is -2.22. The molecule has 0 fully saturated rings. The van der Waals surface area contributed by atoms with Crippen LogP contribution in [0.3, 0.4) is 0 Å². The van der Waals surface area contributed by atoms with Gasteiger partial charge in [0, 0.05) is 17.6 Å². The van der Waals surface area contributed by atoms with E-state index in [0.717, 1.165) is 35.2 Å². The molecule has 0 atom stereocenters. The molecule has 0 unspecified atom stereocenters. The number of hydrogen-bond donors (Lipinski definition) is 1. The number of thiophene rings is 1. The number of carbonyl (C=O) groups excluding carboxylic acids is 1. The third-order valence-corrected chi connectivity index (χ3v) is 7.56. The topological polar surface area (TPSA) is 64.0 Å². The Morgan fingerprint density at radius 1 is 1.24 bits per heavy atom. The summed E-state index contributed by atoms with van der Waals surface area (Å²) < 4.78 is 1.58. The minimum atomic E-state index is -0.105. The van der Waals surface area contributed by atoms with Crippen LogP contribution in [-0.2, 0) is 24.7 Å². The lowest BCUT2D eigenvalue weighted by Gasteiger charge is -2.11. The van der Waals surface area contributed by atoms with Crippen LogP contribution in [-0.4, -0.2) is 21.2 Å². The average molecular weight is 428 g/mol. The van der Waals surface area contributed by atoms with Gasteiger partial charge in [-0.1, -0.05) is 37.7 Å². The smallest absolute Gasteiger partial charge is 0.262 e. The zero-order chi connectivity index (χ0) is 20.5. The summed E-state index contributed by atoms with van der Waals surface area (Å²) in [6.07, 6.45) is 4.33. The van der Waals surface area contributed by atoms with Crippen molar-refractivity contribution in [2.24, 2.45) is 7.05 Å². The summed E-state index contributed by atoms with van der Waals surface area (Å²) in [5, 5.41) is 4.29. The molecule has 3 aromatic rings. The van der Waals surface area contributed by atoms with Crippen molar-refractivity contribution in [2.75, 3.05) is 11.1 Å². The summed E-state index contributed by atoms with van der Waals surface area (Å²) in [6, 6.07) is 7.92. The predicted molar refractivity (Wildman–Crippen MR) is 121 cm³/mol. The van der Waals surface area contributed by atoms with Gasteiger partial charge in [-0.05, 0) is 54.9 Å². The highest BCUT2D eigenvalue weighted by atomic mass is 32.2. The van der Waals surface area contributed by atoms with Crippen molar-refractivity contribution in [1.29, 1.82) is 0 Å². The zero-order valence-electron chi connectivity index (χ0n) is 16.9. The van der Waals surface area contributed by atoms with Crippen molar-refractivity contribution in [1.82, 2.24) is 9.55 Å². The van der Waals surface area contributed by atoms with E-state index in [1.807, 2.05) is 24.3 Å². The van der Waals surface area contributed by atoms with Gasteiger partial charge in [-0.15, -0.1) is 11.3 Å². The van der Waals surface area contributed by atoms with Crippen LogP contribution in [0.1, 0.15) is 48.6 Å². The summed E-state index contributed by atoms with van der Waals surface area (Å²) in [5.74, 6) is 0.565. The molecule has 1 N–H and O–H groups in total. The molecule has 1 aliphatic rings. The van der Waals surface area contributed by atoms with Gasteiger partial charge in [-0.3, -0.25) is 14.2 Å². The number of nitrogens with one attached hydrogen (secondary N) is 1. The van der Waals surface area contributed by atoms with Gasteiger partial charge >= 0.3 is 0 Å². The number of anilines is 1. The molecule has 152 valence electrons. The van der Waals surface area contributed by atoms with Crippen molar-refractivity contribution >= 4 is 44.9 Å². The fraction of sp³-hybridized carbons (Fsp3) is 0.409. The van der Waals surface area contributed by atoms with Crippen molar-refractivity contribution < 1.29 is 4.79 Å². The van der Waals surface area contributed by atoms with E-state index in [1.165, 1.54) is 34.2 Å². The number of nitrogens with zero attached hydrogens (tertiary/aromatic N) is 2.